The lowest BCUT2D eigenvalue weighted by Gasteiger charge is -2.10. The molecule has 5 aromatic heterocycles. The van der Waals surface area contributed by atoms with Crippen LogP contribution in [-0.4, -0.2) is 14.5 Å². The summed E-state index contributed by atoms with van der Waals surface area (Å²) in [6.45, 7) is 5.99. The van der Waals surface area contributed by atoms with Crippen molar-refractivity contribution < 1.29 is 8.83 Å². The van der Waals surface area contributed by atoms with E-state index in [-0.39, 0.29) is 0 Å². The molecular weight excluding hydrogens is 783 g/mol. The molecule has 0 atom stereocenters. The summed E-state index contributed by atoms with van der Waals surface area (Å²) in [5.74, 6) is 0.778. The Morgan fingerprint density at radius 3 is 1.73 bits per heavy atom. The third-order valence-corrected chi connectivity index (χ3v) is 12.4. The molecule has 0 unspecified atom stereocenters. The minimum Gasteiger partial charge on any atom is -0.456 e. The molecule has 0 radical (unpaired) electrons. The Morgan fingerprint density at radius 2 is 1.06 bits per heavy atom. The molecule has 12 aromatic rings. The van der Waals surface area contributed by atoms with Gasteiger partial charge in [-0.1, -0.05) is 110 Å². The summed E-state index contributed by atoms with van der Waals surface area (Å²) in [7, 11) is 0. The first-order chi connectivity index (χ1) is 31.6. The molecule has 0 N–H and O–H groups in total. The van der Waals surface area contributed by atoms with E-state index in [0.29, 0.717) is 0 Å². The molecule has 7 aromatic carbocycles. The topological polar surface area (TPSA) is 57.0 Å². The smallest absolute Gasteiger partial charge is 0.153 e. The second-order valence-electron chi connectivity index (χ2n) is 16.2. The van der Waals surface area contributed by atoms with Gasteiger partial charge in [0.2, 0.25) is 0 Å². The number of fused-ring (bicyclic) bond motifs is 7. The maximum absolute atomic E-state index is 6.11. The normalized spacial score (nSPS) is 11.8. The van der Waals surface area contributed by atoms with Crippen LogP contribution in [0.2, 0.25) is 0 Å². The molecule has 5 heteroatoms. The molecule has 0 fully saturated rings. The third kappa shape index (κ3) is 6.25. The van der Waals surface area contributed by atoms with Crippen LogP contribution in [0, 0.1) is 0 Å². The number of furan rings is 2. The number of para-hydroxylation sites is 1. The predicted octanol–water partition coefficient (Wildman–Crippen LogP) is 16.2. The molecule has 5 nitrogen and oxygen atoms in total. The maximum Gasteiger partial charge on any atom is 0.153 e. The Hall–Kier alpha value is -8.54. The van der Waals surface area contributed by atoms with Gasteiger partial charge >= 0.3 is 0 Å². The van der Waals surface area contributed by atoms with Gasteiger partial charge in [-0.3, -0.25) is 4.98 Å². The number of nitrogens with zero attached hydrogens (tertiary/aromatic N) is 3. The van der Waals surface area contributed by atoms with Gasteiger partial charge in [0.1, 0.15) is 16.9 Å². The molecule has 0 aliphatic carbocycles. The molecular formula is C59H39N3O2. The zero-order valence-corrected chi connectivity index (χ0v) is 35.0. The fourth-order valence-corrected chi connectivity index (χ4v) is 9.31. The minimum atomic E-state index is 0.778. The van der Waals surface area contributed by atoms with E-state index in [1.165, 1.54) is 0 Å². The van der Waals surface area contributed by atoms with Crippen molar-refractivity contribution in [3.8, 4) is 61.5 Å². The summed E-state index contributed by atoms with van der Waals surface area (Å²) >= 11 is 0. The van der Waals surface area contributed by atoms with E-state index >= 15 is 0 Å². The summed E-state index contributed by atoms with van der Waals surface area (Å²) in [4.78, 5) is 9.71. The maximum atomic E-state index is 6.11. The Balaban J connectivity index is 0.938. The number of rotatable bonds is 8. The van der Waals surface area contributed by atoms with Crippen molar-refractivity contribution in [2.75, 3.05) is 0 Å². The van der Waals surface area contributed by atoms with E-state index in [0.717, 1.165) is 128 Å². The van der Waals surface area contributed by atoms with Gasteiger partial charge in [-0.05, 0) is 142 Å². The Morgan fingerprint density at radius 1 is 0.484 bits per heavy atom. The number of benzene rings is 7. The summed E-state index contributed by atoms with van der Waals surface area (Å²) in [6.07, 6.45) is 9.48. The van der Waals surface area contributed by atoms with Gasteiger partial charge in [-0.15, -0.1) is 0 Å². The Kier molecular flexibility index (Phi) is 8.80. The van der Waals surface area contributed by atoms with Crippen LogP contribution in [0.4, 0.5) is 0 Å². The highest BCUT2D eigenvalue weighted by atomic mass is 16.3. The highest BCUT2D eigenvalue weighted by molar-refractivity contribution is 6.09. The van der Waals surface area contributed by atoms with E-state index in [1.807, 2.05) is 31.3 Å². The van der Waals surface area contributed by atoms with Gasteiger partial charge in [0.15, 0.2) is 5.58 Å². The van der Waals surface area contributed by atoms with Crippen molar-refractivity contribution >= 4 is 67.0 Å². The van der Waals surface area contributed by atoms with Crippen LogP contribution < -0.4 is 0 Å². The third-order valence-electron chi connectivity index (χ3n) is 12.4. The summed E-state index contributed by atoms with van der Waals surface area (Å²) in [6, 6.07) is 62.7. The zero-order chi connectivity index (χ0) is 42.7. The molecule has 0 bridgehead atoms. The van der Waals surface area contributed by atoms with Gasteiger partial charge < -0.3 is 13.4 Å². The number of hydrogen-bond donors (Lipinski definition) is 0. The van der Waals surface area contributed by atoms with Gasteiger partial charge in [0.05, 0.1) is 28.4 Å². The van der Waals surface area contributed by atoms with Crippen LogP contribution in [0.15, 0.2) is 210 Å². The van der Waals surface area contributed by atoms with E-state index in [9.17, 15) is 0 Å². The molecule has 302 valence electrons. The number of pyridine rings is 2. The van der Waals surface area contributed by atoms with Crippen molar-refractivity contribution in [2.45, 2.75) is 6.92 Å². The van der Waals surface area contributed by atoms with Gasteiger partial charge in [-0.2, -0.15) is 0 Å². The average molecular weight is 822 g/mol. The fourth-order valence-electron chi connectivity index (χ4n) is 9.31. The van der Waals surface area contributed by atoms with Crippen LogP contribution in [-0.2, 0) is 0 Å². The first-order valence-corrected chi connectivity index (χ1v) is 21.5. The predicted molar refractivity (Wildman–Crippen MR) is 265 cm³/mol. The van der Waals surface area contributed by atoms with Crippen LogP contribution in [0.1, 0.15) is 18.2 Å². The van der Waals surface area contributed by atoms with Crippen molar-refractivity contribution in [3.63, 3.8) is 0 Å². The second-order valence-corrected chi connectivity index (χ2v) is 16.2. The van der Waals surface area contributed by atoms with E-state index in [1.54, 1.807) is 12.3 Å². The van der Waals surface area contributed by atoms with E-state index in [2.05, 4.69) is 186 Å². The van der Waals surface area contributed by atoms with Crippen molar-refractivity contribution in [1.82, 2.24) is 14.5 Å². The Labute approximate surface area is 369 Å². The van der Waals surface area contributed by atoms with Crippen molar-refractivity contribution in [2.24, 2.45) is 0 Å². The highest BCUT2D eigenvalue weighted by Gasteiger charge is 2.18. The van der Waals surface area contributed by atoms with Crippen LogP contribution in [0.25, 0.3) is 128 Å². The van der Waals surface area contributed by atoms with Crippen molar-refractivity contribution in [3.05, 3.63) is 212 Å². The molecule has 0 saturated carbocycles. The summed E-state index contributed by atoms with van der Waals surface area (Å²) < 4.78 is 14.5. The SMILES string of the molecule is C=Cc1oc2ccc(-c3cccc(-c4ccc5c(n4)c4cc(-c6cccc(-c7cccc(-c8ccc9oc%10cnccc%10c9c8)c7)c6)ccc4n5-c4ccccc4)c3)cc2c1/C=C\C. The number of hydrogen-bond acceptors (Lipinski definition) is 4. The lowest BCUT2D eigenvalue weighted by molar-refractivity contribution is 0.603. The molecule has 5 heterocycles. The standard InChI is InChI=1S/C59H39N3O2/c1-3-11-47-49-33-44(21-26-56(49)63-55(47)4-2)41-16-10-17-45(32-41)52-23-25-54-59(61-52)51-35-42(20-24-53(51)62(54)46-18-6-5-7-19-46)39-14-8-12-37(30-39)38-13-9-15-40(31-38)43-22-27-57-50(34-43)48-28-29-60-36-58(48)64-57/h3-36H,2H2,1H3/b11-3-. The largest absolute Gasteiger partial charge is 0.456 e. The first kappa shape index (κ1) is 37.2. The highest BCUT2D eigenvalue weighted by Crippen LogP contribution is 2.39. The quantitative estimate of drug-likeness (QED) is 0.153. The molecule has 0 amide bonds. The monoisotopic (exact) mass is 821 g/mol. The fraction of sp³-hybridized carbons (Fsp3) is 0.0169. The van der Waals surface area contributed by atoms with Gasteiger partial charge in [0.25, 0.3) is 0 Å². The zero-order valence-electron chi connectivity index (χ0n) is 35.0. The molecule has 12 rings (SSSR count). The molecule has 0 saturated heterocycles. The molecule has 0 aliphatic heterocycles. The molecule has 0 aliphatic rings. The molecule has 64 heavy (non-hydrogen) atoms. The first-order valence-electron chi connectivity index (χ1n) is 21.5. The van der Waals surface area contributed by atoms with Crippen LogP contribution >= 0.6 is 0 Å². The van der Waals surface area contributed by atoms with Crippen LogP contribution in [0.5, 0.6) is 0 Å². The average Bonchev–Trinajstić information content (AvgIpc) is 4.02. The second kappa shape index (κ2) is 15.1. The lowest BCUT2D eigenvalue weighted by Crippen LogP contribution is -1.93. The number of allylic oxidation sites excluding steroid dienone is 1. The molecule has 0 spiro atoms. The minimum absolute atomic E-state index is 0.778. The van der Waals surface area contributed by atoms with Gasteiger partial charge in [-0.25, -0.2) is 4.98 Å². The van der Waals surface area contributed by atoms with Gasteiger partial charge in [0, 0.05) is 44.6 Å². The van der Waals surface area contributed by atoms with Crippen molar-refractivity contribution in [1.29, 1.82) is 0 Å². The lowest BCUT2D eigenvalue weighted by atomic mass is 9.95. The Bertz CT molecular complexity index is 3830. The van der Waals surface area contributed by atoms with E-state index in [4.69, 9.17) is 13.8 Å². The summed E-state index contributed by atoms with van der Waals surface area (Å²) in [5, 5.41) is 4.32. The number of aromatic nitrogens is 3. The van der Waals surface area contributed by atoms with Crippen LogP contribution in [0.3, 0.4) is 0 Å². The van der Waals surface area contributed by atoms with E-state index < -0.39 is 0 Å². The summed E-state index contributed by atoms with van der Waals surface area (Å²) in [5.41, 5.74) is 18.8.